The summed E-state index contributed by atoms with van der Waals surface area (Å²) >= 11 is 0. The average molecular weight is 522 g/mol. The van der Waals surface area contributed by atoms with Gasteiger partial charge in [-0.2, -0.15) is 5.26 Å². The maximum atomic E-state index is 9.97. The van der Waals surface area contributed by atoms with Gasteiger partial charge in [-0.1, -0.05) is 18.2 Å². The van der Waals surface area contributed by atoms with E-state index in [1.807, 2.05) is 56.3 Å². The Bertz CT molecular complexity index is 1420. The fraction of sp³-hybridized carbons (Fsp3) is 0.312. The third-order valence-electron chi connectivity index (χ3n) is 7.23. The van der Waals surface area contributed by atoms with Crippen LogP contribution in [0, 0.1) is 18.3 Å². The van der Waals surface area contributed by atoms with E-state index in [4.69, 9.17) is 9.47 Å². The topological polar surface area (TPSA) is 82.4 Å². The van der Waals surface area contributed by atoms with Crippen molar-refractivity contribution in [1.29, 1.82) is 5.26 Å². The highest BCUT2D eigenvalue weighted by Gasteiger charge is 2.23. The van der Waals surface area contributed by atoms with Gasteiger partial charge in [0.2, 0.25) is 0 Å². The Balaban J connectivity index is 1.42. The first kappa shape index (κ1) is 26.3. The number of ether oxygens (including phenoxy) is 2. The molecule has 2 aromatic carbocycles. The lowest BCUT2D eigenvalue weighted by atomic mass is 9.97. The van der Waals surface area contributed by atoms with Crippen LogP contribution in [0.5, 0.6) is 11.5 Å². The number of aromatic nitrogens is 1. The summed E-state index contributed by atoms with van der Waals surface area (Å²) in [5.74, 6) is 1.64. The summed E-state index contributed by atoms with van der Waals surface area (Å²) in [5, 5.41) is 16.9. The number of nitriles is 1. The van der Waals surface area contributed by atoms with Gasteiger partial charge in [-0.25, -0.2) is 0 Å². The number of pyridine rings is 1. The van der Waals surface area contributed by atoms with Crippen molar-refractivity contribution in [3.05, 3.63) is 88.8 Å². The summed E-state index contributed by atoms with van der Waals surface area (Å²) in [7, 11) is 2.17. The minimum absolute atomic E-state index is 0.409. The lowest BCUT2D eigenvalue weighted by molar-refractivity contribution is 0.299. The van der Waals surface area contributed by atoms with Crippen molar-refractivity contribution in [2.75, 3.05) is 37.4 Å². The zero-order chi connectivity index (χ0) is 27.2. The third kappa shape index (κ3) is 6.08. The standard InChI is InChI=1S/C32H35N5O2/c1-4-38-31-18-29-28(17-23(31)10-12-27-9-7-15-37(27)3)32(24(19-33)20-35-29)36-25-11-13-30(22(2)16-25)39-21-26-8-5-6-14-34-26/h5-6,8,10-14,16-18,27,35-36H,4,7,9,15,20-21H2,1-3H3/b12-10+. The van der Waals surface area contributed by atoms with E-state index in [1.165, 1.54) is 6.42 Å². The normalized spacial score (nSPS) is 17.0. The number of likely N-dealkylation sites (N-methyl/N-ethyl adjacent to an activating group) is 1. The Labute approximate surface area is 230 Å². The molecule has 0 aliphatic carbocycles. The minimum Gasteiger partial charge on any atom is -0.493 e. The number of hydrogen-bond donors (Lipinski definition) is 2. The second kappa shape index (κ2) is 12.1. The van der Waals surface area contributed by atoms with Crippen molar-refractivity contribution >= 4 is 23.1 Å². The molecule has 7 nitrogen and oxygen atoms in total. The number of likely N-dealkylation sites (tertiary alicyclic amines) is 1. The quantitative estimate of drug-likeness (QED) is 0.344. The van der Waals surface area contributed by atoms with Crippen LogP contribution in [-0.2, 0) is 6.61 Å². The zero-order valence-electron chi connectivity index (χ0n) is 22.8. The van der Waals surface area contributed by atoms with Crippen LogP contribution < -0.4 is 20.1 Å². The van der Waals surface area contributed by atoms with Gasteiger partial charge in [0, 0.05) is 40.8 Å². The van der Waals surface area contributed by atoms with Gasteiger partial charge in [0.25, 0.3) is 0 Å². The molecule has 1 saturated heterocycles. The lowest BCUT2D eigenvalue weighted by Gasteiger charge is -2.25. The van der Waals surface area contributed by atoms with Crippen molar-refractivity contribution < 1.29 is 9.47 Å². The average Bonchev–Trinajstić information content (AvgIpc) is 3.37. The van der Waals surface area contributed by atoms with Crippen molar-refractivity contribution in [3.63, 3.8) is 0 Å². The first-order valence-electron chi connectivity index (χ1n) is 13.5. The largest absolute Gasteiger partial charge is 0.493 e. The van der Waals surface area contributed by atoms with Crippen LogP contribution in [0.4, 0.5) is 11.4 Å². The maximum absolute atomic E-state index is 9.97. The molecule has 5 rings (SSSR count). The van der Waals surface area contributed by atoms with Gasteiger partial charge in [-0.05, 0) is 82.2 Å². The number of anilines is 2. The zero-order valence-corrected chi connectivity index (χ0v) is 22.8. The first-order valence-corrected chi connectivity index (χ1v) is 13.5. The first-order chi connectivity index (χ1) is 19.1. The van der Waals surface area contributed by atoms with E-state index in [0.717, 1.165) is 63.9 Å². The number of fused-ring (bicyclic) bond motifs is 1. The second-order valence-corrected chi connectivity index (χ2v) is 9.95. The minimum atomic E-state index is 0.409. The predicted molar refractivity (Wildman–Crippen MR) is 157 cm³/mol. The Morgan fingerprint density at radius 1 is 1.18 bits per heavy atom. The Kier molecular flexibility index (Phi) is 8.14. The Hall–Kier alpha value is -4.28. The van der Waals surface area contributed by atoms with Gasteiger partial charge < -0.3 is 20.1 Å². The molecule has 3 heterocycles. The van der Waals surface area contributed by atoms with Crippen molar-refractivity contribution in [2.24, 2.45) is 0 Å². The molecule has 0 radical (unpaired) electrons. The molecule has 1 aromatic heterocycles. The molecule has 1 fully saturated rings. The second-order valence-electron chi connectivity index (χ2n) is 9.95. The summed E-state index contributed by atoms with van der Waals surface area (Å²) in [5.41, 5.74) is 7.15. The fourth-order valence-electron chi connectivity index (χ4n) is 5.10. The Morgan fingerprint density at radius 2 is 2.08 bits per heavy atom. The van der Waals surface area contributed by atoms with E-state index in [9.17, 15) is 5.26 Å². The van der Waals surface area contributed by atoms with Gasteiger partial charge in [-0.3, -0.25) is 9.88 Å². The maximum Gasteiger partial charge on any atom is 0.130 e. The van der Waals surface area contributed by atoms with Crippen LogP contribution in [0.15, 0.2) is 66.4 Å². The molecular weight excluding hydrogens is 486 g/mol. The summed E-state index contributed by atoms with van der Waals surface area (Å²) in [6.45, 7) is 6.58. The van der Waals surface area contributed by atoms with E-state index in [2.05, 4.69) is 51.9 Å². The van der Waals surface area contributed by atoms with Gasteiger partial charge in [-0.15, -0.1) is 0 Å². The van der Waals surface area contributed by atoms with Crippen LogP contribution in [-0.4, -0.2) is 42.7 Å². The molecule has 2 aliphatic rings. The number of hydrogen-bond acceptors (Lipinski definition) is 7. The molecular formula is C32H35N5O2. The smallest absolute Gasteiger partial charge is 0.130 e. The van der Waals surface area contributed by atoms with Gasteiger partial charge in [0.15, 0.2) is 0 Å². The molecule has 1 atom stereocenters. The van der Waals surface area contributed by atoms with E-state index < -0.39 is 0 Å². The van der Waals surface area contributed by atoms with Crippen molar-refractivity contribution in [2.45, 2.75) is 39.3 Å². The number of nitrogens with one attached hydrogen (secondary N) is 2. The molecule has 39 heavy (non-hydrogen) atoms. The lowest BCUT2D eigenvalue weighted by Crippen LogP contribution is -2.22. The van der Waals surface area contributed by atoms with Crippen LogP contribution in [0.3, 0.4) is 0 Å². The third-order valence-corrected chi connectivity index (χ3v) is 7.23. The molecule has 0 spiro atoms. The number of rotatable bonds is 9. The summed E-state index contributed by atoms with van der Waals surface area (Å²) in [6, 6.07) is 18.8. The van der Waals surface area contributed by atoms with Crippen molar-refractivity contribution in [1.82, 2.24) is 9.88 Å². The number of nitrogens with zero attached hydrogens (tertiary/aromatic N) is 3. The van der Waals surface area contributed by atoms with E-state index in [1.54, 1.807) is 6.20 Å². The molecule has 0 saturated carbocycles. The highest BCUT2D eigenvalue weighted by Crippen LogP contribution is 2.38. The fourth-order valence-corrected chi connectivity index (χ4v) is 5.10. The molecule has 1 unspecified atom stereocenters. The molecule has 3 aromatic rings. The number of aryl methyl sites for hydroxylation is 1. The summed E-state index contributed by atoms with van der Waals surface area (Å²) in [6.07, 6.45) is 8.57. The van der Waals surface area contributed by atoms with Crippen LogP contribution >= 0.6 is 0 Å². The van der Waals surface area contributed by atoms with Crippen molar-refractivity contribution in [3.8, 4) is 17.6 Å². The predicted octanol–water partition coefficient (Wildman–Crippen LogP) is 6.25. The monoisotopic (exact) mass is 521 g/mol. The molecule has 200 valence electrons. The molecule has 2 N–H and O–H groups in total. The molecule has 0 bridgehead atoms. The summed E-state index contributed by atoms with van der Waals surface area (Å²) < 4.78 is 12.0. The molecule has 0 amide bonds. The molecule has 7 heteroatoms. The molecule has 2 aliphatic heterocycles. The van der Waals surface area contributed by atoms with Gasteiger partial charge in [0.1, 0.15) is 18.1 Å². The van der Waals surface area contributed by atoms with Gasteiger partial charge in [0.05, 0.1) is 36.2 Å². The SMILES string of the molecule is CCOc1cc2c(cc1/C=C/C1CCCN1C)C(Nc1ccc(OCc3ccccn3)c(C)c1)=C(C#N)CN2. The summed E-state index contributed by atoms with van der Waals surface area (Å²) in [4.78, 5) is 6.70. The van der Waals surface area contributed by atoms with E-state index in [-0.39, 0.29) is 0 Å². The highest BCUT2D eigenvalue weighted by molar-refractivity contribution is 5.91. The number of benzene rings is 2. The Morgan fingerprint density at radius 3 is 2.79 bits per heavy atom. The van der Waals surface area contributed by atoms with Crippen LogP contribution in [0.2, 0.25) is 0 Å². The van der Waals surface area contributed by atoms with E-state index >= 15 is 0 Å². The van der Waals surface area contributed by atoms with Crippen LogP contribution in [0.1, 0.15) is 42.1 Å². The van der Waals surface area contributed by atoms with Gasteiger partial charge >= 0.3 is 0 Å². The van der Waals surface area contributed by atoms with E-state index in [0.29, 0.717) is 31.4 Å². The highest BCUT2D eigenvalue weighted by atomic mass is 16.5. The van der Waals surface area contributed by atoms with Crippen LogP contribution in [0.25, 0.3) is 11.8 Å².